The second-order valence-corrected chi connectivity index (χ2v) is 3.85. The van der Waals surface area contributed by atoms with Gasteiger partial charge in [-0.15, -0.1) is 0 Å². The summed E-state index contributed by atoms with van der Waals surface area (Å²) in [5.74, 6) is 0.169. The molecule has 0 aliphatic carbocycles. The second kappa shape index (κ2) is 4.93. The van der Waals surface area contributed by atoms with Crippen LogP contribution in [0.4, 0.5) is 5.82 Å². The molecule has 2 aromatic heterocycles. The van der Waals surface area contributed by atoms with Gasteiger partial charge in [-0.3, -0.25) is 4.79 Å². The molecule has 0 aromatic carbocycles. The van der Waals surface area contributed by atoms with Crippen molar-refractivity contribution >= 4 is 23.3 Å². The molecule has 0 fully saturated rings. The number of amides is 1. The Morgan fingerprint density at radius 1 is 1.18 bits per heavy atom. The van der Waals surface area contributed by atoms with Crippen molar-refractivity contribution in [2.75, 3.05) is 5.32 Å². The molecular formula is C12H10ClN3O. The van der Waals surface area contributed by atoms with Crippen LogP contribution >= 0.6 is 11.6 Å². The first kappa shape index (κ1) is 11.5. The molecule has 0 aliphatic heterocycles. The van der Waals surface area contributed by atoms with E-state index in [4.69, 9.17) is 11.6 Å². The first-order valence-electron chi connectivity index (χ1n) is 5.03. The summed E-state index contributed by atoms with van der Waals surface area (Å²) in [7, 11) is 0. The smallest absolute Gasteiger partial charge is 0.275 e. The Balaban J connectivity index is 2.17. The molecule has 4 nitrogen and oxygen atoms in total. The average molecular weight is 248 g/mol. The van der Waals surface area contributed by atoms with Crippen molar-refractivity contribution in [1.29, 1.82) is 0 Å². The topological polar surface area (TPSA) is 54.9 Å². The van der Waals surface area contributed by atoms with Crippen LogP contribution in [0.3, 0.4) is 0 Å². The average Bonchev–Trinajstić information content (AvgIpc) is 2.29. The van der Waals surface area contributed by atoms with Gasteiger partial charge in [-0.2, -0.15) is 0 Å². The Kier molecular flexibility index (Phi) is 3.35. The molecule has 1 N–H and O–H groups in total. The van der Waals surface area contributed by atoms with Crippen LogP contribution in [0, 0.1) is 6.92 Å². The van der Waals surface area contributed by atoms with Gasteiger partial charge >= 0.3 is 0 Å². The number of carbonyl (C=O) groups excluding carboxylic acids is 1. The molecule has 17 heavy (non-hydrogen) atoms. The lowest BCUT2D eigenvalue weighted by Gasteiger charge is -2.04. The van der Waals surface area contributed by atoms with E-state index >= 15 is 0 Å². The third kappa shape index (κ3) is 3.01. The standard InChI is InChI=1S/C12H10ClN3O/c1-8-4-2-7-11(14-8)16-12(17)9-5-3-6-10(13)15-9/h2-7H,1H3,(H,14,16,17). The predicted molar refractivity (Wildman–Crippen MR) is 66.2 cm³/mol. The quantitative estimate of drug-likeness (QED) is 0.830. The van der Waals surface area contributed by atoms with Gasteiger partial charge in [0.05, 0.1) is 0 Å². The van der Waals surface area contributed by atoms with E-state index in [9.17, 15) is 4.79 Å². The van der Waals surface area contributed by atoms with E-state index in [1.165, 1.54) is 0 Å². The molecule has 0 saturated carbocycles. The van der Waals surface area contributed by atoms with Crippen LogP contribution in [0.15, 0.2) is 36.4 Å². The zero-order chi connectivity index (χ0) is 12.3. The summed E-state index contributed by atoms with van der Waals surface area (Å²) in [5, 5.41) is 2.94. The number of carbonyl (C=O) groups is 1. The molecule has 2 rings (SSSR count). The Bertz CT molecular complexity index is 557. The maximum Gasteiger partial charge on any atom is 0.275 e. The number of nitrogens with one attached hydrogen (secondary N) is 1. The highest BCUT2D eigenvalue weighted by Gasteiger charge is 2.08. The molecule has 0 bridgehead atoms. The molecule has 0 radical (unpaired) electrons. The minimum Gasteiger partial charge on any atom is -0.305 e. The molecule has 2 heterocycles. The molecule has 0 saturated heterocycles. The van der Waals surface area contributed by atoms with Crippen LogP contribution in [-0.4, -0.2) is 15.9 Å². The first-order valence-corrected chi connectivity index (χ1v) is 5.40. The number of nitrogens with zero attached hydrogens (tertiary/aromatic N) is 2. The molecule has 0 spiro atoms. The third-order valence-corrected chi connectivity index (χ3v) is 2.29. The summed E-state index contributed by atoms with van der Waals surface area (Å²) >= 11 is 5.71. The summed E-state index contributed by atoms with van der Waals surface area (Å²) in [6, 6.07) is 10.3. The van der Waals surface area contributed by atoms with Crippen molar-refractivity contribution in [1.82, 2.24) is 9.97 Å². The number of pyridine rings is 2. The van der Waals surface area contributed by atoms with Crippen LogP contribution in [0.25, 0.3) is 0 Å². The van der Waals surface area contributed by atoms with Crippen LogP contribution in [0.1, 0.15) is 16.2 Å². The number of rotatable bonds is 2. The van der Waals surface area contributed by atoms with E-state index in [0.29, 0.717) is 5.82 Å². The summed E-state index contributed by atoms with van der Waals surface area (Å²) in [6.45, 7) is 1.85. The van der Waals surface area contributed by atoms with Gasteiger partial charge in [-0.05, 0) is 31.2 Å². The van der Waals surface area contributed by atoms with E-state index in [0.717, 1.165) is 5.69 Å². The molecule has 1 amide bonds. The summed E-state index contributed by atoms with van der Waals surface area (Å²) < 4.78 is 0. The van der Waals surface area contributed by atoms with Crippen molar-refractivity contribution in [2.24, 2.45) is 0 Å². The van der Waals surface area contributed by atoms with Gasteiger partial charge in [-0.1, -0.05) is 23.7 Å². The molecule has 5 heteroatoms. The van der Waals surface area contributed by atoms with E-state index < -0.39 is 0 Å². The van der Waals surface area contributed by atoms with Gasteiger partial charge in [0.15, 0.2) is 0 Å². The zero-order valence-electron chi connectivity index (χ0n) is 9.14. The molecule has 0 aliphatic rings. The number of hydrogen-bond donors (Lipinski definition) is 1. The second-order valence-electron chi connectivity index (χ2n) is 3.46. The predicted octanol–water partition coefficient (Wildman–Crippen LogP) is 2.69. The number of halogens is 1. The lowest BCUT2D eigenvalue weighted by Crippen LogP contribution is -2.14. The van der Waals surface area contributed by atoms with E-state index in [1.54, 1.807) is 24.3 Å². The van der Waals surface area contributed by atoms with Crippen molar-refractivity contribution < 1.29 is 4.79 Å². The first-order chi connectivity index (χ1) is 8.15. The van der Waals surface area contributed by atoms with Gasteiger partial charge in [0.1, 0.15) is 16.7 Å². The van der Waals surface area contributed by atoms with Gasteiger partial charge < -0.3 is 5.32 Å². The Morgan fingerprint density at radius 3 is 2.65 bits per heavy atom. The van der Waals surface area contributed by atoms with Crippen LogP contribution < -0.4 is 5.32 Å². The Morgan fingerprint density at radius 2 is 1.94 bits per heavy atom. The van der Waals surface area contributed by atoms with Crippen molar-refractivity contribution in [2.45, 2.75) is 6.92 Å². The van der Waals surface area contributed by atoms with Gasteiger partial charge in [0.2, 0.25) is 0 Å². The molecule has 0 atom stereocenters. The third-order valence-electron chi connectivity index (χ3n) is 2.08. The molecular weight excluding hydrogens is 238 g/mol. The lowest BCUT2D eigenvalue weighted by atomic mass is 10.3. The maximum absolute atomic E-state index is 11.8. The van der Waals surface area contributed by atoms with Gasteiger partial charge in [-0.25, -0.2) is 9.97 Å². The summed E-state index contributed by atoms with van der Waals surface area (Å²) in [6.07, 6.45) is 0. The number of aryl methyl sites for hydroxylation is 1. The number of hydrogen-bond acceptors (Lipinski definition) is 3. The highest BCUT2D eigenvalue weighted by Crippen LogP contribution is 2.08. The minimum atomic E-state index is -0.328. The SMILES string of the molecule is Cc1cccc(NC(=O)c2cccc(Cl)n2)n1. The zero-order valence-corrected chi connectivity index (χ0v) is 9.90. The number of aromatic nitrogens is 2. The van der Waals surface area contributed by atoms with E-state index in [2.05, 4.69) is 15.3 Å². The van der Waals surface area contributed by atoms with Crippen LogP contribution in [0.5, 0.6) is 0 Å². The summed E-state index contributed by atoms with van der Waals surface area (Å²) in [5.41, 5.74) is 1.10. The fourth-order valence-corrected chi connectivity index (χ4v) is 1.49. The Hall–Kier alpha value is -1.94. The molecule has 2 aromatic rings. The van der Waals surface area contributed by atoms with Crippen molar-refractivity contribution in [3.8, 4) is 0 Å². The van der Waals surface area contributed by atoms with Gasteiger partial charge in [0, 0.05) is 5.69 Å². The monoisotopic (exact) mass is 247 g/mol. The van der Waals surface area contributed by atoms with E-state index in [-0.39, 0.29) is 16.8 Å². The van der Waals surface area contributed by atoms with Crippen LogP contribution in [0.2, 0.25) is 5.15 Å². The fraction of sp³-hybridized carbons (Fsp3) is 0.0833. The highest BCUT2D eigenvalue weighted by atomic mass is 35.5. The minimum absolute atomic E-state index is 0.265. The lowest BCUT2D eigenvalue weighted by molar-refractivity contribution is 0.102. The molecule has 86 valence electrons. The normalized spacial score (nSPS) is 10.0. The number of anilines is 1. The maximum atomic E-state index is 11.8. The van der Waals surface area contributed by atoms with Crippen LogP contribution in [-0.2, 0) is 0 Å². The fourth-order valence-electron chi connectivity index (χ4n) is 1.33. The van der Waals surface area contributed by atoms with E-state index in [1.807, 2.05) is 19.1 Å². The van der Waals surface area contributed by atoms with Crippen molar-refractivity contribution in [3.63, 3.8) is 0 Å². The summed E-state index contributed by atoms with van der Waals surface area (Å²) in [4.78, 5) is 19.9. The highest BCUT2D eigenvalue weighted by molar-refractivity contribution is 6.29. The van der Waals surface area contributed by atoms with Crippen molar-refractivity contribution in [3.05, 3.63) is 52.9 Å². The molecule has 0 unspecified atom stereocenters. The Labute approximate surface area is 104 Å². The van der Waals surface area contributed by atoms with Gasteiger partial charge in [0.25, 0.3) is 5.91 Å². The largest absolute Gasteiger partial charge is 0.305 e.